The van der Waals surface area contributed by atoms with E-state index in [1.54, 1.807) is 21.3 Å². The molecule has 0 spiro atoms. The molecule has 0 heterocycles. The first-order valence-corrected chi connectivity index (χ1v) is 5.95. The molecule has 0 aliphatic heterocycles. The summed E-state index contributed by atoms with van der Waals surface area (Å²) in [5.41, 5.74) is 0.469. The standard InChI is InChI=1S/C12H25NO3/c1-10(11(15-3)16-4)13-9-12(5-6-12)7-8-14-2/h10-11,13H,5-9H2,1-4H3. The molecular formula is C12H25NO3. The molecule has 1 fully saturated rings. The molecule has 1 rings (SSSR count). The summed E-state index contributed by atoms with van der Waals surface area (Å²) in [4.78, 5) is 0. The molecule has 0 amide bonds. The number of rotatable bonds is 9. The van der Waals surface area contributed by atoms with E-state index in [0.29, 0.717) is 5.41 Å². The molecule has 1 saturated carbocycles. The summed E-state index contributed by atoms with van der Waals surface area (Å²) < 4.78 is 15.6. The molecule has 96 valence electrons. The van der Waals surface area contributed by atoms with Crippen LogP contribution >= 0.6 is 0 Å². The van der Waals surface area contributed by atoms with Crippen molar-refractivity contribution in [1.82, 2.24) is 5.32 Å². The third-order valence-electron chi connectivity index (χ3n) is 3.47. The van der Waals surface area contributed by atoms with Crippen molar-refractivity contribution in [2.45, 2.75) is 38.5 Å². The van der Waals surface area contributed by atoms with Crippen LogP contribution in [0.3, 0.4) is 0 Å². The van der Waals surface area contributed by atoms with Gasteiger partial charge in [-0.2, -0.15) is 0 Å². The van der Waals surface area contributed by atoms with Crippen molar-refractivity contribution in [1.29, 1.82) is 0 Å². The maximum Gasteiger partial charge on any atom is 0.171 e. The van der Waals surface area contributed by atoms with Gasteiger partial charge in [-0.3, -0.25) is 0 Å². The zero-order valence-corrected chi connectivity index (χ0v) is 10.9. The predicted molar refractivity (Wildman–Crippen MR) is 63.4 cm³/mol. The van der Waals surface area contributed by atoms with Gasteiger partial charge in [0.2, 0.25) is 0 Å². The molecule has 1 aliphatic rings. The zero-order valence-electron chi connectivity index (χ0n) is 10.9. The van der Waals surface area contributed by atoms with E-state index in [2.05, 4.69) is 12.2 Å². The van der Waals surface area contributed by atoms with Crippen molar-refractivity contribution in [3.05, 3.63) is 0 Å². The van der Waals surface area contributed by atoms with E-state index in [9.17, 15) is 0 Å². The molecule has 0 radical (unpaired) electrons. The Balaban J connectivity index is 2.23. The van der Waals surface area contributed by atoms with E-state index in [0.717, 1.165) is 19.6 Å². The molecule has 4 nitrogen and oxygen atoms in total. The third-order valence-corrected chi connectivity index (χ3v) is 3.47. The maximum absolute atomic E-state index is 5.22. The molecule has 0 saturated heterocycles. The van der Waals surface area contributed by atoms with Gasteiger partial charge >= 0.3 is 0 Å². The summed E-state index contributed by atoms with van der Waals surface area (Å²) in [6.07, 6.45) is 3.59. The fraction of sp³-hybridized carbons (Fsp3) is 1.00. The highest BCUT2D eigenvalue weighted by molar-refractivity contribution is 4.95. The molecule has 0 aromatic carbocycles. The summed E-state index contributed by atoms with van der Waals surface area (Å²) in [6, 6.07) is 0.218. The van der Waals surface area contributed by atoms with Crippen LogP contribution in [0.1, 0.15) is 26.2 Å². The Morgan fingerprint density at radius 1 is 1.19 bits per heavy atom. The lowest BCUT2D eigenvalue weighted by Crippen LogP contribution is -2.42. The Kier molecular flexibility index (Phi) is 5.69. The van der Waals surface area contributed by atoms with E-state index < -0.39 is 0 Å². The fourth-order valence-electron chi connectivity index (χ4n) is 1.99. The molecule has 1 aliphatic carbocycles. The summed E-state index contributed by atoms with van der Waals surface area (Å²) in [5, 5.41) is 3.49. The quantitative estimate of drug-likeness (QED) is 0.609. The second kappa shape index (κ2) is 6.55. The number of hydrogen-bond donors (Lipinski definition) is 1. The zero-order chi connectivity index (χ0) is 12.0. The van der Waals surface area contributed by atoms with Crippen LogP contribution in [-0.4, -0.2) is 46.8 Å². The van der Waals surface area contributed by atoms with Crippen LogP contribution in [0.2, 0.25) is 0 Å². The van der Waals surface area contributed by atoms with Crippen LogP contribution in [0.15, 0.2) is 0 Å². The second-order valence-corrected chi connectivity index (χ2v) is 4.75. The normalized spacial score (nSPS) is 20.1. The van der Waals surface area contributed by atoms with Crippen LogP contribution in [0.25, 0.3) is 0 Å². The van der Waals surface area contributed by atoms with E-state index in [1.807, 2.05) is 0 Å². The maximum atomic E-state index is 5.22. The molecule has 1 N–H and O–H groups in total. The van der Waals surface area contributed by atoms with Crippen molar-refractivity contribution < 1.29 is 14.2 Å². The minimum absolute atomic E-state index is 0.168. The summed E-state index contributed by atoms with van der Waals surface area (Å²) in [5.74, 6) is 0. The lowest BCUT2D eigenvalue weighted by Gasteiger charge is -2.25. The summed E-state index contributed by atoms with van der Waals surface area (Å²) >= 11 is 0. The lowest BCUT2D eigenvalue weighted by molar-refractivity contribution is -0.120. The minimum Gasteiger partial charge on any atom is -0.385 e. The van der Waals surface area contributed by atoms with Gasteiger partial charge in [-0.05, 0) is 31.6 Å². The predicted octanol–water partition coefficient (Wildman–Crippen LogP) is 1.40. The average Bonchev–Trinajstić information content (AvgIpc) is 3.06. The van der Waals surface area contributed by atoms with Gasteiger partial charge in [0.15, 0.2) is 6.29 Å². The average molecular weight is 231 g/mol. The minimum atomic E-state index is -0.168. The van der Waals surface area contributed by atoms with Crippen molar-refractivity contribution >= 4 is 0 Å². The number of hydrogen-bond acceptors (Lipinski definition) is 4. The van der Waals surface area contributed by atoms with Gasteiger partial charge in [0.05, 0.1) is 6.04 Å². The SMILES string of the molecule is COCCC1(CNC(C)C(OC)OC)CC1. The first-order chi connectivity index (χ1) is 7.67. The summed E-state index contributed by atoms with van der Waals surface area (Å²) in [6.45, 7) is 3.97. The highest BCUT2D eigenvalue weighted by atomic mass is 16.7. The number of ether oxygens (including phenoxy) is 3. The van der Waals surface area contributed by atoms with Gasteiger partial charge in [-0.25, -0.2) is 0 Å². The van der Waals surface area contributed by atoms with Gasteiger partial charge in [0.1, 0.15) is 0 Å². The van der Waals surface area contributed by atoms with Gasteiger partial charge in [0.25, 0.3) is 0 Å². The van der Waals surface area contributed by atoms with Crippen LogP contribution in [0.5, 0.6) is 0 Å². The molecule has 0 aromatic rings. The van der Waals surface area contributed by atoms with Crippen LogP contribution in [-0.2, 0) is 14.2 Å². The van der Waals surface area contributed by atoms with Crippen molar-refractivity contribution in [2.75, 3.05) is 34.5 Å². The first-order valence-electron chi connectivity index (χ1n) is 5.95. The van der Waals surface area contributed by atoms with E-state index in [-0.39, 0.29) is 12.3 Å². The smallest absolute Gasteiger partial charge is 0.171 e. The Morgan fingerprint density at radius 3 is 2.25 bits per heavy atom. The second-order valence-electron chi connectivity index (χ2n) is 4.75. The molecule has 0 bridgehead atoms. The van der Waals surface area contributed by atoms with Crippen molar-refractivity contribution in [2.24, 2.45) is 5.41 Å². The van der Waals surface area contributed by atoms with Crippen LogP contribution in [0, 0.1) is 5.41 Å². The van der Waals surface area contributed by atoms with Gasteiger partial charge in [-0.15, -0.1) is 0 Å². The van der Waals surface area contributed by atoms with E-state index >= 15 is 0 Å². The van der Waals surface area contributed by atoms with Crippen LogP contribution < -0.4 is 5.32 Å². The van der Waals surface area contributed by atoms with Gasteiger partial charge in [-0.1, -0.05) is 0 Å². The molecule has 4 heteroatoms. The van der Waals surface area contributed by atoms with Crippen LogP contribution in [0.4, 0.5) is 0 Å². The Hall–Kier alpha value is -0.160. The Morgan fingerprint density at radius 2 is 1.81 bits per heavy atom. The fourth-order valence-corrected chi connectivity index (χ4v) is 1.99. The first kappa shape index (κ1) is 13.9. The third kappa shape index (κ3) is 4.01. The molecule has 1 atom stereocenters. The number of nitrogens with one attached hydrogen (secondary N) is 1. The van der Waals surface area contributed by atoms with Crippen molar-refractivity contribution in [3.63, 3.8) is 0 Å². The highest BCUT2D eigenvalue weighted by Gasteiger charge is 2.42. The van der Waals surface area contributed by atoms with Gasteiger partial charge < -0.3 is 19.5 Å². The Bertz CT molecular complexity index is 191. The lowest BCUT2D eigenvalue weighted by atomic mass is 10.0. The highest BCUT2D eigenvalue weighted by Crippen LogP contribution is 2.48. The van der Waals surface area contributed by atoms with E-state index in [1.165, 1.54) is 12.8 Å². The number of methoxy groups -OCH3 is 3. The Labute approximate surface area is 98.6 Å². The molecular weight excluding hydrogens is 206 g/mol. The largest absolute Gasteiger partial charge is 0.385 e. The van der Waals surface area contributed by atoms with Crippen molar-refractivity contribution in [3.8, 4) is 0 Å². The topological polar surface area (TPSA) is 39.7 Å². The monoisotopic (exact) mass is 231 g/mol. The summed E-state index contributed by atoms with van der Waals surface area (Å²) in [7, 11) is 5.10. The molecule has 1 unspecified atom stereocenters. The molecule has 16 heavy (non-hydrogen) atoms. The molecule has 0 aromatic heterocycles. The van der Waals surface area contributed by atoms with E-state index in [4.69, 9.17) is 14.2 Å². The van der Waals surface area contributed by atoms with Gasteiger partial charge in [0, 0.05) is 34.5 Å².